The van der Waals surface area contributed by atoms with E-state index in [1.54, 1.807) is 6.20 Å². The zero-order valence-corrected chi connectivity index (χ0v) is 13.8. The number of hydrogen-bond acceptors (Lipinski definition) is 5. The number of benzene rings is 1. The first-order chi connectivity index (χ1) is 11.9. The Labute approximate surface area is 143 Å². The summed E-state index contributed by atoms with van der Waals surface area (Å²) < 4.78 is 5.16. The highest BCUT2D eigenvalue weighted by Crippen LogP contribution is 2.19. The van der Waals surface area contributed by atoms with Crippen molar-refractivity contribution < 1.29 is 14.3 Å². The average Bonchev–Trinajstić information content (AvgIpc) is 3.02. The highest BCUT2D eigenvalue weighted by Gasteiger charge is 2.17. The maximum Gasteiger partial charge on any atom is 0.291 e. The number of imidazole rings is 1. The zero-order valence-electron chi connectivity index (χ0n) is 13.8. The summed E-state index contributed by atoms with van der Waals surface area (Å²) in [5.74, 6) is -0.653. The molecule has 128 valence electrons. The van der Waals surface area contributed by atoms with Crippen LogP contribution >= 0.6 is 0 Å². The molecule has 0 atom stereocenters. The first kappa shape index (κ1) is 16.5. The Bertz CT molecular complexity index is 988. The minimum atomic E-state index is -0.690. The second-order valence-electron chi connectivity index (χ2n) is 5.66. The van der Waals surface area contributed by atoms with Crippen LogP contribution < -0.4 is 10.7 Å². The molecule has 25 heavy (non-hydrogen) atoms. The van der Waals surface area contributed by atoms with Gasteiger partial charge in [0.15, 0.2) is 0 Å². The summed E-state index contributed by atoms with van der Waals surface area (Å²) in [6.07, 6.45) is 1.74. The monoisotopic (exact) mass is 339 g/mol. The third-order valence-corrected chi connectivity index (χ3v) is 3.65. The first-order valence-corrected chi connectivity index (χ1v) is 7.67. The van der Waals surface area contributed by atoms with Gasteiger partial charge < -0.3 is 19.8 Å². The lowest BCUT2D eigenvalue weighted by molar-refractivity contribution is 0.0913. The fourth-order valence-corrected chi connectivity index (χ4v) is 2.44. The molecule has 0 aliphatic heterocycles. The van der Waals surface area contributed by atoms with Crippen LogP contribution in [0.1, 0.15) is 27.7 Å². The normalized spacial score (nSPS) is 10.6. The van der Waals surface area contributed by atoms with E-state index in [1.165, 1.54) is 6.92 Å². The fraction of sp³-hybridized carbons (Fsp3) is 0.167. The summed E-state index contributed by atoms with van der Waals surface area (Å²) in [5, 5.41) is 12.3. The number of aromatic hydroxyl groups is 1. The number of aromatic nitrogens is 2. The van der Waals surface area contributed by atoms with Crippen molar-refractivity contribution in [3.05, 3.63) is 69.7 Å². The van der Waals surface area contributed by atoms with Crippen molar-refractivity contribution >= 4 is 5.91 Å². The quantitative estimate of drug-likeness (QED) is 0.676. The van der Waals surface area contributed by atoms with Gasteiger partial charge in [-0.3, -0.25) is 9.59 Å². The molecule has 0 saturated heterocycles. The molecule has 2 heterocycles. The second kappa shape index (κ2) is 6.64. The van der Waals surface area contributed by atoms with Gasteiger partial charge in [0.05, 0.1) is 11.9 Å². The predicted octanol–water partition coefficient (Wildman–Crippen LogP) is 2.28. The van der Waals surface area contributed by atoms with E-state index in [0.717, 1.165) is 28.7 Å². The molecule has 1 amide bonds. The highest BCUT2D eigenvalue weighted by molar-refractivity contribution is 5.93. The van der Waals surface area contributed by atoms with Gasteiger partial charge >= 0.3 is 0 Å². The highest BCUT2D eigenvalue weighted by atomic mass is 16.4. The molecule has 7 nitrogen and oxygen atoms in total. The summed E-state index contributed by atoms with van der Waals surface area (Å²) in [6.45, 7) is 3.63. The van der Waals surface area contributed by atoms with E-state index in [-0.39, 0.29) is 18.1 Å². The van der Waals surface area contributed by atoms with Crippen LogP contribution in [0.15, 0.2) is 45.7 Å². The van der Waals surface area contributed by atoms with Gasteiger partial charge in [-0.15, -0.1) is 0 Å². The van der Waals surface area contributed by atoms with Crippen LogP contribution in [0.3, 0.4) is 0 Å². The van der Waals surface area contributed by atoms with E-state index in [9.17, 15) is 14.7 Å². The number of nitrogens with zero attached hydrogens (tertiary/aromatic N) is 1. The number of H-pyrrole nitrogens is 1. The van der Waals surface area contributed by atoms with Gasteiger partial charge in [0.1, 0.15) is 11.6 Å². The number of nitrogens with one attached hydrogen (secondary N) is 2. The molecule has 0 aliphatic carbocycles. The van der Waals surface area contributed by atoms with E-state index >= 15 is 0 Å². The van der Waals surface area contributed by atoms with Crippen molar-refractivity contribution in [3.8, 4) is 17.0 Å². The van der Waals surface area contributed by atoms with E-state index in [4.69, 9.17) is 4.42 Å². The van der Waals surface area contributed by atoms with Gasteiger partial charge in [-0.25, -0.2) is 4.98 Å². The molecule has 2 aromatic heterocycles. The second-order valence-corrected chi connectivity index (χ2v) is 5.66. The van der Waals surface area contributed by atoms with E-state index in [2.05, 4.69) is 15.3 Å². The molecular formula is C18H17N3O4. The van der Waals surface area contributed by atoms with Gasteiger partial charge in [-0.05, 0) is 31.0 Å². The molecule has 0 saturated carbocycles. The number of aryl methyl sites for hydroxylation is 2. The Hall–Kier alpha value is -3.35. The third kappa shape index (κ3) is 3.60. The standard InChI is InChI=1S/C18H17N3O4/c1-10-6-15(22)16(23)17(25-10)18(24)20-8-12-4-3-5-13(7-12)14-9-19-11(2)21-14/h3-7,9,23H,8H2,1-2H3,(H,19,21)(H,20,24). The predicted molar refractivity (Wildman–Crippen MR) is 91.3 cm³/mol. The number of carbonyl (C=O) groups excluding carboxylic acids is 1. The third-order valence-electron chi connectivity index (χ3n) is 3.65. The van der Waals surface area contributed by atoms with Crippen molar-refractivity contribution in [1.82, 2.24) is 15.3 Å². The van der Waals surface area contributed by atoms with Crippen LogP contribution in [0, 0.1) is 13.8 Å². The smallest absolute Gasteiger partial charge is 0.291 e. The molecule has 7 heteroatoms. The fourth-order valence-electron chi connectivity index (χ4n) is 2.44. The summed E-state index contributed by atoms with van der Waals surface area (Å²) >= 11 is 0. The lowest BCUT2D eigenvalue weighted by Crippen LogP contribution is -2.24. The molecule has 0 fully saturated rings. The molecule has 3 N–H and O–H groups in total. The molecule has 0 radical (unpaired) electrons. The van der Waals surface area contributed by atoms with E-state index in [0.29, 0.717) is 0 Å². The number of carbonyl (C=O) groups is 1. The molecule has 0 unspecified atom stereocenters. The summed E-state index contributed by atoms with van der Waals surface area (Å²) in [6, 6.07) is 8.71. The Morgan fingerprint density at radius 1 is 1.32 bits per heavy atom. The summed E-state index contributed by atoms with van der Waals surface area (Å²) in [4.78, 5) is 31.0. The van der Waals surface area contributed by atoms with Crippen LogP contribution in [-0.4, -0.2) is 21.0 Å². The molecular weight excluding hydrogens is 322 g/mol. The largest absolute Gasteiger partial charge is 0.501 e. The van der Waals surface area contributed by atoms with Gasteiger partial charge in [-0.1, -0.05) is 18.2 Å². The first-order valence-electron chi connectivity index (χ1n) is 7.67. The minimum Gasteiger partial charge on any atom is -0.501 e. The van der Waals surface area contributed by atoms with Crippen LogP contribution in [0.2, 0.25) is 0 Å². The van der Waals surface area contributed by atoms with Gasteiger partial charge in [0, 0.05) is 12.6 Å². The average molecular weight is 339 g/mol. The number of amides is 1. The van der Waals surface area contributed by atoms with E-state index in [1.807, 2.05) is 31.2 Å². The molecule has 0 bridgehead atoms. The lowest BCUT2D eigenvalue weighted by Gasteiger charge is -2.07. The van der Waals surface area contributed by atoms with Gasteiger partial charge in [0.2, 0.25) is 16.9 Å². The maximum absolute atomic E-state index is 12.2. The topological polar surface area (TPSA) is 108 Å². The zero-order chi connectivity index (χ0) is 18.0. The van der Waals surface area contributed by atoms with Crippen molar-refractivity contribution in [2.24, 2.45) is 0 Å². The van der Waals surface area contributed by atoms with Crippen LogP contribution in [0.4, 0.5) is 0 Å². The van der Waals surface area contributed by atoms with Crippen molar-refractivity contribution in [2.75, 3.05) is 0 Å². The number of hydrogen-bond donors (Lipinski definition) is 3. The Morgan fingerprint density at radius 3 is 2.84 bits per heavy atom. The van der Waals surface area contributed by atoms with Crippen molar-refractivity contribution in [1.29, 1.82) is 0 Å². The summed E-state index contributed by atoms with van der Waals surface area (Å²) in [7, 11) is 0. The summed E-state index contributed by atoms with van der Waals surface area (Å²) in [5.41, 5.74) is 2.03. The molecule has 0 spiro atoms. The van der Waals surface area contributed by atoms with Crippen molar-refractivity contribution in [2.45, 2.75) is 20.4 Å². The Balaban J connectivity index is 1.76. The molecule has 1 aromatic carbocycles. The maximum atomic E-state index is 12.2. The SMILES string of the molecule is Cc1ncc(-c2cccc(CNC(=O)c3oc(C)cc(=O)c3O)c2)[nH]1. The van der Waals surface area contributed by atoms with Crippen LogP contribution in [-0.2, 0) is 6.54 Å². The minimum absolute atomic E-state index is 0.219. The van der Waals surface area contributed by atoms with Gasteiger partial charge in [0.25, 0.3) is 5.91 Å². The lowest BCUT2D eigenvalue weighted by atomic mass is 10.1. The van der Waals surface area contributed by atoms with Crippen molar-refractivity contribution in [3.63, 3.8) is 0 Å². The molecule has 3 rings (SSSR count). The van der Waals surface area contributed by atoms with Crippen LogP contribution in [0.25, 0.3) is 11.3 Å². The van der Waals surface area contributed by atoms with E-state index < -0.39 is 17.1 Å². The Kier molecular flexibility index (Phi) is 4.38. The number of rotatable bonds is 4. The number of aromatic amines is 1. The molecule has 3 aromatic rings. The van der Waals surface area contributed by atoms with Crippen LogP contribution in [0.5, 0.6) is 5.75 Å². The van der Waals surface area contributed by atoms with Gasteiger partial charge in [-0.2, -0.15) is 0 Å². The Morgan fingerprint density at radius 2 is 2.12 bits per heavy atom. The molecule has 0 aliphatic rings.